The number of ether oxygens (including phenoxy) is 3. The van der Waals surface area contributed by atoms with Crippen LogP contribution in [0.4, 0.5) is 10.5 Å². The van der Waals surface area contributed by atoms with Gasteiger partial charge in [-0.2, -0.15) is 0 Å². The zero-order valence-corrected chi connectivity index (χ0v) is 17.6. The number of hydrogen-bond donors (Lipinski definition) is 2. The molecule has 3 rings (SSSR count). The van der Waals surface area contributed by atoms with Crippen LogP contribution in [0.25, 0.3) is 0 Å². The van der Waals surface area contributed by atoms with Gasteiger partial charge in [0.2, 0.25) is 0 Å². The lowest BCUT2D eigenvalue weighted by atomic mass is 10.1. The molecule has 3 atom stereocenters. The average Bonchev–Trinajstić information content (AvgIpc) is 3.10. The van der Waals surface area contributed by atoms with Crippen molar-refractivity contribution >= 4 is 23.4 Å². The molecule has 2 aromatic rings. The number of nitrogens with zero attached hydrogens (tertiary/aromatic N) is 2. The Balaban J connectivity index is 1.51. The number of benzene rings is 1. The van der Waals surface area contributed by atoms with E-state index >= 15 is 0 Å². The SMILES string of the molecule is Cc1cn(C2CC(O)C(COC(=O)OCCc3c(Cl)cccc3[N+](=O)[O-])O2)c(=O)[nH]c1=O. The molecule has 0 saturated carbocycles. The van der Waals surface area contributed by atoms with Gasteiger partial charge < -0.3 is 19.3 Å². The van der Waals surface area contributed by atoms with Crippen LogP contribution in [0.3, 0.4) is 0 Å². The molecule has 2 heterocycles. The van der Waals surface area contributed by atoms with Crippen LogP contribution in [0.15, 0.2) is 34.0 Å². The van der Waals surface area contributed by atoms with E-state index in [9.17, 15) is 29.6 Å². The van der Waals surface area contributed by atoms with Crippen LogP contribution < -0.4 is 11.2 Å². The molecular formula is C19H20ClN3O9. The molecule has 1 aliphatic rings. The van der Waals surface area contributed by atoms with Crippen molar-refractivity contribution in [2.45, 2.75) is 38.2 Å². The molecule has 172 valence electrons. The molecule has 1 saturated heterocycles. The van der Waals surface area contributed by atoms with Crippen LogP contribution in [0.1, 0.15) is 23.8 Å². The highest BCUT2D eigenvalue weighted by Crippen LogP contribution is 2.28. The van der Waals surface area contributed by atoms with E-state index in [1.807, 2.05) is 0 Å². The number of aromatic amines is 1. The minimum Gasteiger partial charge on any atom is -0.434 e. The van der Waals surface area contributed by atoms with E-state index < -0.39 is 40.8 Å². The van der Waals surface area contributed by atoms with E-state index in [1.165, 1.54) is 31.3 Å². The molecule has 1 aliphatic heterocycles. The number of nitrogens with one attached hydrogen (secondary N) is 1. The molecule has 13 heteroatoms. The third-order valence-corrected chi connectivity index (χ3v) is 5.24. The number of carbonyl (C=O) groups excluding carboxylic acids is 1. The van der Waals surface area contributed by atoms with Crippen molar-refractivity contribution in [3.63, 3.8) is 0 Å². The second-order valence-electron chi connectivity index (χ2n) is 7.06. The summed E-state index contributed by atoms with van der Waals surface area (Å²) in [5.41, 5.74) is -0.867. The summed E-state index contributed by atoms with van der Waals surface area (Å²) < 4.78 is 16.6. The fourth-order valence-corrected chi connectivity index (χ4v) is 3.49. The van der Waals surface area contributed by atoms with Gasteiger partial charge in [0.05, 0.1) is 28.2 Å². The first-order valence-corrected chi connectivity index (χ1v) is 9.92. The summed E-state index contributed by atoms with van der Waals surface area (Å²) in [6, 6.07) is 4.23. The monoisotopic (exact) mass is 469 g/mol. The Morgan fingerprint density at radius 3 is 2.88 bits per heavy atom. The molecule has 32 heavy (non-hydrogen) atoms. The summed E-state index contributed by atoms with van der Waals surface area (Å²) >= 11 is 5.98. The largest absolute Gasteiger partial charge is 0.508 e. The first-order chi connectivity index (χ1) is 15.2. The number of hydrogen-bond acceptors (Lipinski definition) is 9. The first kappa shape index (κ1) is 23.4. The maximum Gasteiger partial charge on any atom is 0.508 e. The lowest BCUT2D eigenvalue weighted by Crippen LogP contribution is -2.33. The molecule has 0 radical (unpaired) electrons. The highest BCUT2D eigenvalue weighted by molar-refractivity contribution is 6.31. The van der Waals surface area contributed by atoms with Crippen LogP contribution >= 0.6 is 11.6 Å². The predicted octanol–water partition coefficient (Wildman–Crippen LogP) is 1.45. The maximum atomic E-state index is 12.0. The Morgan fingerprint density at radius 1 is 1.41 bits per heavy atom. The number of aliphatic hydroxyl groups is 1. The van der Waals surface area contributed by atoms with Gasteiger partial charge in [-0.05, 0) is 13.0 Å². The Kier molecular flexibility index (Phi) is 7.28. The summed E-state index contributed by atoms with van der Waals surface area (Å²) in [6.07, 6.45) is -2.48. The van der Waals surface area contributed by atoms with Gasteiger partial charge in [0, 0.05) is 30.7 Å². The third-order valence-electron chi connectivity index (χ3n) is 4.89. The number of rotatable bonds is 7. The average molecular weight is 470 g/mol. The first-order valence-electron chi connectivity index (χ1n) is 9.54. The van der Waals surface area contributed by atoms with Crippen LogP contribution in [-0.2, 0) is 20.6 Å². The fraction of sp³-hybridized carbons (Fsp3) is 0.421. The van der Waals surface area contributed by atoms with Gasteiger partial charge in [0.1, 0.15) is 18.9 Å². The molecule has 3 unspecified atom stereocenters. The van der Waals surface area contributed by atoms with Crippen LogP contribution in [-0.4, -0.2) is 51.2 Å². The minimum absolute atomic E-state index is 0.00416. The van der Waals surface area contributed by atoms with Gasteiger partial charge in [-0.1, -0.05) is 17.7 Å². The second kappa shape index (κ2) is 9.94. The van der Waals surface area contributed by atoms with Gasteiger partial charge in [-0.25, -0.2) is 9.59 Å². The molecule has 2 N–H and O–H groups in total. The van der Waals surface area contributed by atoms with Crippen LogP contribution in [0.2, 0.25) is 5.02 Å². The summed E-state index contributed by atoms with van der Waals surface area (Å²) in [6.45, 7) is 0.958. The predicted molar refractivity (Wildman–Crippen MR) is 110 cm³/mol. The number of halogens is 1. The smallest absolute Gasteiger partial charge is 0.434 e. The van der Waals surface area contributed by atoms with Crippen LogP contribution in [0.5, 0.6) is 0 Å². The Morgan fingerprint density at radius 2 is 2.16 bits per heavy atom. The summed E-state index contributed by atoms with van der Waals surface area (Å²) in [5, 5.41) is 21.4. The highest BCUT2D eigenvalue weighted by atomic mass is 35.5. The van der Waals surface area contributed by atoms with Gasteiger partial charge in [0.15, 0.2) is 0 Å². The van der Waals surface area contributed by atoms with Gasteiger partial charge in [-0.15, -0.1) is 0 Å². The van der Waals surface area contributed by atoms with E-state index in [-0.39, 0.29) is 42.3 Å². The molecule has 0 spiro atoms. The summed E-state index contributed by atoms with van der Waals surface area (Å²) in [4.78, 5) is 48.0. The van der Waals surface area contributed by atoms with Gasteiger partial charge >= 0.3 is 11.8 Å². The normalized spacial score (nSPS) is 20.2. The number of nitro groups is 1. The molecule has 0 amide bonds. The lowest BCUT2D eigenvalue weighted by Gasteiger charge is -2.16. The third kappa shape index (κ3) is 5.33. The lowest BCUT2D eigenvalue weighted by molar-refractivity contribution is -0.385. The molecule has 0 aliphatic carbocycles. The standard InChI is InChI=1S/C19H20ClN3O9/c1-10-8-22(18(26)21-17(10)25)16-7-14(24)15(32-16)9-31-19(27)30-6-5-11-12(20)3-2-4-13(11)23(28)29/h2-4,8,14-16,24H,5-7,9H2,1H3,(H,21,25,26). The van der Waals surface area contributed by atoms with Crippen molar-refractivity contribution < 1.29 is 29.0 Å². The Hall–Kier alpha value is -3.22. The maximum absolute atomic E-state index is 12.0. The van der Waals surface area contributed by atoms with Gasteiger partial charge in [-0.3, -0.25) is 24.5 Å². The Bertz CT molecular complexity index is 1130. The number of carbonyl (C=O) groups is 1. The molecule has 0 bridgehead atoms. The quantitative estimate of drug-likeness (QED) is 0.347. The van der Waals surface area contributed by atoms with Crippen molar-refractivity contribution in [2.75, 3.05) is 13.2 Å². The second-order valence-corrected chi connectivity index (χ2v) is 7.47. The van der Waals surface area contributed by atoms with E-state index in [0.717, 1.165) is 4.57 Å². The molecule has 1 aromatic heterocycles. The molecule has 1 fully saturated rings. The van der Waals surface area contributed by atoms with E-state index in [1.54, 1.807) is 0 Å². The zero-order chi connectivity index (χ0) is 23.4. The number of nitro benzene ring substituents is 1. The topological polar surface area (TPSA) is 163 Å². The molecule has 1 aromatic carbocycles. The Labute approximate surface area is 185 Å². The number of aromatic nitrogens is 2. The van der Waals surface area contributed by atoms with Crippen LogP contribution in [0, 0.1) is 17.0 Å². The van der Waals surface area contributed by atoms with Crippen molar-refractivity contribution in [3.8, 4) is 0 Å². The minimum atomic E-state index is -1.06. The zero-order valence-electron chi connectivity index (χ0n) is 16.9. The number of H-pyrrole nitrogens is 1. The van der Waals surface area contributed by atoms with Crippen molar-refractivity contribution in [2.24, 2.45) is 0 Å². The highest BCUT2D eigenvalue weighted by Gasteiger charge is 2.36. The number of aryl methyl sites for hydroxylation is 1. The molecule has 12 nitrogen and oxygen atoms in total. The fourth-order valence-electron chi connectivity index (χ4n) is 3.23. The molecular weight excluding hydrogens is 450 g/mol. The van der Waals surface area contributed by atoms with E-state index in [0.29, 0.717) is 5.56 Å². The van der Waals surface area contributed by atoms with Crippen molar-refractivity contribution in [3.05, 3.63) is 71.5 Å². The summed E-state index contributed by atoms with van der Waals surface area (Å²) in [5.74, 6) is 0. The summed E-state index contributed by atoms with van der Waals surface area (Å²) in [7, 11) is 0. The van der Waals surface area contributed by atoms with Gasteiger partial charge in [0.25, 0.3) is 11.2 Å². The van der Waals surface area contributed by atoms with E-state index in [2.05, 4.69) is 4.98 Å². The number of aliphatic hydroxyl groups excluding tert-OH is 1. The van der Waals surface area contributed by atoms with Crippen molar-refractivity contribution in [1.29, 1.82) is 0 Å². The van der Waals surface area contributed by atoms with E-state index in [4.69, 9.17) is 25.8 Å². The van der Waals surface area contributed by atoms with Crippen molar-refractivity contribution in [1.82, 2.24) is 9.55 Å².